The summed E-state index contributed by atoms with van der Waals surface area (Å²) in [4.78, 5) is 14.3. The van der Waals surface area contributed by atoms with E-state index in [1.807, 2.05) is 11.9 Å². The van der Waals surface area contributed by atoms with Crippen LogP contribution in [0.4, 0.5) is 0 Å². The molecular formula is C15H19NO2. The van der Waals surface area contributed by atoms with Crippen LogP contribution in [0.25, 0.3) is 0 Å². The van der Waals surface area contributed by atoms with Gasteiger partial charge in [0.15, 0.2) is 0 Å². The summed E-state index contributed by atoms with van der Waals surface area (Å²) in [5.41, 5.74) is 3.89. The Bertz CT molecular complexity index is 496. The maximum atomic E-state index is 12.4. The number of methoxy groups -OCH3 is 1. The topological polar surface area (TPSA) is 29.5 Å². The smallest absolute Gasteiger partial charge is 0.229 e. The van der Waals surface area contributed by atoms with Gasteiger partial charge in [0.25, 0.3) is 0 Å². The minimum atomic E-state index is 0.0614. The predicted octanol–water partition coefficient (Wildman–Crippen LogP) is 2.13. The Hall–Kier alpha value is -1.51. The summed E-state index contributed by atoms with van der Waals surface area (Å²) >= 11 is 0. The molecule has 0 radical (unpaired) electrons. The van der Waals surface area contributed by atoms with E-state index in [9.17, 15) is 4.79 Å². The number of ether oxygens (including phenoxy) is 1. The molecule has 1 aromatic rings. The quantitative estimate of drug-likeness (QED) is 0.758. The van der Waals surface area contributed by atoms with Crippen molar-refractivity contribution in [1.82, 2.24) is 4.90 Å². The third-order valence-corrected chi connectivity index (χ3v) is 4.28. The van der Waals surface area contributed by atoms with Gasteiger partial charge in [-0.25, -0.2) is 0 Å². The van der Waals surface area contributed by atoms with E-state index in [0.29, 0.717) is 0 Å². The molecule has 3 rings (SSSR count). The lowest BCUT2D eigenvalue weighted by Crippen LogP contribution is -2.32. The fourth-order valence-corrected chi connectivity index (χ4v) is 3.33. The molecule has 1 aromatic carbocycles. The van der Waals surface area contributed by atoms with Crippen molar-refractivity contribution in [2.45, 2.75) is 31.6 Å². The molecule has 1 atom stereocenters. The lowest BCUT2D eigenvalue weighted by molar-refractivity contribution is -0.131. The third-order valence-electron chi connectivity index (χ3n) is 4.28. The first-order valence-corrected chi connectivity index (χ1v) is 6.66. The highest BCUT2D eigenvalue weighted by Crippen LogP contribution is 2.41. The van der Waals surface area contributed by atoms with Crippen molar-refractivity contribution in [3.05, 3.63) is 28.8 Å². The molecule has 0 N–H and O–H groups in total. The van der Waals surface area contributed by atoms with Gasteiger partial charge >= 0.3 is 0 Å². The van der Waals surface area contributed by atoms with Crippen molar-refractivity contribution in [2.24, 2.45) is 0 Å². The summed E-state index contributed by atoms with van der Waals surface area (Å²) < 4.78 is 5.46. The average molecular weight is 245 g/mol. The van der Waals surface area contributed by atoms with E-state index in [2.05, 4.69) is 12.1 Å². The van der Waals surface area contributed by atoms with Crippen LogP contribution in [-0.4, -0.2) is 31.5 Å². The molecule has 1 aliphatic carbocycles. The summed E-state index contributed by atoms with van der Waals surface area (Å²) in [5, 5.41) is 0. The van der Waals surface area contributed by atoms with Crippen molar-refractivity contribution in [1.29, 1.82) is 0 Å². The normalized spacial score (nSPS) is 22.4. The molecule has 1 unspecified atom stereocenters. The average Bonchev–Trinajstić information content (AvgIpc) is 2.53. The van der Waals surface area contributed by atoms with Gasteiger partial charge < -0.3 is 9.64 Å². The van der Waals surface area contributed by atoms with Crippen LogP contribution in [0.1, 0.15) is 35.4 Å². The Labute approximate surface area is 108 Å². The van der Waals surface area contributed by atoms with E-state index in [4.69, 9.17) is 4.74 Å². The number of benzene rings is 1. The van der Waals surface area contributed by atoms with Gasteiger partial charge in [0, 0.05) is 13.6 Å². The molecule has 3 nitrogen and oxygen atoms in total. The van der Waals surface area contributed by atoms with Crippen LogP contribution in [0, 0.1) is 0 Å². The number of nitrogens with zero attached hydrogens (tertiary/aromatic N) is 1. The summed E-state index contributed by atoms with van der Waals surface area (Å²) in [6, 6.07) is 4.20. The summed E-state index contributed by atoms with van der Waals surface area (Å²) in [5.74, 6) is 1.30. The summed E-state index contributed by atoms with van der Waals surface area (Å²) in [6.45, 7) is 0.827. The Kier molecular flexibility index (Phi) is 2.77. The number of likely N-dealkylation sites (N-methyl/N-ethyl adjacent to an activating group) is 1. The van der Waals surface area contributed by atoms with Gasteiger partial charge in [0.05, 0.1) is 13.0 Å². The van der Waals surface area contributed by atoms with Gasteiger partial charge in [-0.15, -0.1) is 0 Å². The summed E-state index contributed by atoms with van der Waals surface area (Å²) in [7, 11) is 3.63. The molecule has 1 amide bonds. The van der Waals surface area contributed by atoms with Crippen LogP contribution in [-0.2, 0) is 17.6 Å². The standard InChI is InChI=1S/C15H19NO2/c1-16-9-8-10-6-7-13(18-2)11-4-3-5-12(14(10)11)15(16)17/h6-7,12H,3-5,8-9H2,1-2H3. The van der Waals surface area contributed by atoms with Gasteiger partial charge in [0.2, 0.25) is 5.91 Å². The summed E-state index contributed by atoms with van der Waals surface area (Å²) in [6.07, 6.45) is 4.07. The Balaban J connectivity index is 2.19. The highest BCUT2D eigenvalue weighted by Gasteiger charge is 2.34. The lowest BCUT2D eigenvalue weighted by atomic mass is 9.79. The molecule has 3 heteroatoms. The number of hydrogen-bond donors (Lipinski definition) is 0. The van der Waals surface area contributed by atoms with Crippen LogP contribution in [0.15, 0.2) is 12.1 Å². The maximum Gasteiger partial charge on any atom is 0.229 e. The Morgan fingerprint density at radius 2 is 2.17 bits per heavy atom. The zero-order valence-corrected chi connectivity index (χ0v) is 11.0. The molecule has 2 aliphatic rings. The lowest BCUT2D eigenvalue weighted by Gasteiger charge is -2.28. The van der Waals surface area contributed by atoms with Crippen LogP contribution >= 0.6 is 0 Å². The van der Waals surface area contributed by atoms with E-state index >= 15 is 0 Å². The molecule has 0 aromatic heterocycles. The zero-order chi connectivity index (χ0) is 12.7. The van der Waals surface area contributed by atoms with Crippen molar-refractivity contribution in [2.75, 3.05) is 20.7 Å². The van der Waals surface area contributed by atoms with Crippen molar-refractivity contribution >= 4 is 5.91 Å². The first-order valence-electron chi connectivity index (χ1n) is 6.66. The second-order valence-electron chi connectivity index (χ2n) is 5.27. The van der Waals surface area contributed by atoms with E-state index in [1.165, 1.54) is 16.7 Å². The molecule has 1 heterocycles. The first-order chi connectivity index (χ1) is 8.72. The number of carbonyl (C=O) groups excluding carboxylic acids is 1. The fraction of sp³-hybridized carbons (Fsp3) is 0.533. The number of rotatable bonds is 1. The highest BCUT2D eigenvalue weighted by atomic mass is 16.5. The fourth-order valence-electron chi connectivity index (χ4n) is 3.33. The second kappa shape index (κ2) is 4.30. The molecular weight excluding hydrogens is 226 g/mol. The van der Waals surface area contributed by atoms with Crippen LogP contribution in [0.3, 0.4) is 0 Å². The van der Waals surface area contributed by atoms with Crippen molar-refractivity contribution < 1.29 is 9.53 Å². The Morgan fingerprint density at radius 3 is 2.94 bits per heavy atom. The van der Waals surface area contributed by atoms with Crippen LogP contribution < -0.4 is 4.74 Å². The minimum absolute atomic E-state index is 0.0614. The minimum Gasteiger partial charge on any atom is -0.496 e. The van der Waals surface area contributed by atoms with E-state index in [1.54, 1.807) is 7.11 Å². The van der Waals surface area contributed by atoms with Crippen molar-refractivity contribution in [3.63, 3.8) is 0 Å². The molecule has 18 heavy (non-hydrogen) atoms. The number of hydrogen-bond acceptors (Lipinski definition) is 2. The van der Waals surface area contributed by atoms with Gasteiger partial charge in [-0.2, -0.15) is 0 Å². The molecule has 0 saturated carbocycles. The molecule has 0 bridgehead atoms. The molecule has 0 spiro atoms. The SMILES string of the molecule is COc1ccc2c3c1CCCC3C(=O)N(C)CC2. The first kappa shape index (κ1) is 11.6. The molecule has 0 saturated heterocycles. The van der Waals surface area contributed by atoms with Crippen LogP contribution in [0.2, 0.25) is 0 Å². The van der Waals surface area contributed by atoms with Crippen molar-refractivity contribution in [3.8, 4) is 5.75 Å². The van der Waals surface area contributed by atoms with Gasteiger partial charge in [-0.3, -0.25) is 4.79 Å². The van der Waals surface area contributed by atoms with E-state index in [-0.39, 0.29) is 11.8 Å². The molecule has 1 aliphatic heterocycles. The predicted molar refractivity (Wildman–Crippen MR) is 70.0 cm³/mol. The van der Waals surface area contributed by atoms with Gasteiger partial charge in [-0.1, -0.05) is 6.07 Å². The second-order valence-corrected chi connectivity index (χ2v) is 5.27. The van der Waals surface area contributed by atoms with Gasteiger partial charge in [0.1, 0.15) is 5.75 Å². The maximum absolute atomic E-state index is 12.4. The molecule has 96 valence electrons. The monoisotopic (exact) mass is 245 g/mol. The number of carbonyl (C=O) groups is 1. The number of amides is 1. The van der Waals surface area contributed by atoms with Crippen LogP contribution in [0.5, 0.6) is 5.75 Å². The zero-order valence-electron chi connectivity index (χ0n) is 11.0. The van der Waals surface area contributed by atoms with E-state index < -0.39 is 0 Å². The Morgan fingerprint density at radius 1 is 1.33 bits per heavy atom. The largest absolute Gasteiger partial charge is 0.496 e. The molecule has 0 fully saturated rings. The highest BCUT2D eigenvalue weighted by molar-refractivity contribution is 5.85. The van der Waals surface area contributed by atoms with Gasteiger partial charge in [-0.05, 0) is 48.4 Å². The third kappa shape index (κ3) is 1.61. The van der Waals surface area contributed by atoms with E-state index in [0.717, 1.165) is 38.0 Å².